The van der Waals surface area contributed by atoms with Crippen molar-refractivity contribution >= 4 is 17.4 Å². The zero-order chi connectivity index (χ0) is 19.2. The lowest BCUT2D eigenvalue weighted by atomic mass is 9.99. The summed E-state index contributed by atoms with van der Waals surface area (Å²) in [5.74, 6) is 0.726. The van der Waals surface area contributed by atoms with Crippen LogP contribution in [0.4, 0.5) is 15.9 Å². The summed E-state index contributed by atoms with van der Waals surface area (Å²) < 4.78 is 18.7. The van der Waals surface area contributed by atoms with Gasteiger partial charge in [0, 0.05) is 25.4 Å². The summed E-state index contributed by atoms with van der Waals surface area (Å²) >= 11 is 0. The van der Waals surface area contributed by atoms with Crippen LogP contribution in [0, 0.1) is 11.7 Å². The summed E-state index contributed by atoms with van der Waals surface area (Å²) in [4.78, 5) is 17.3. The highest BCUT2D eigenvalue weighted by molar-refractivity contribution is 5.95. The molecule has 0 spiro atoms. The lowest BCUT2D eigenvalue weighted by molar-refractivity contribution is 0.0642. The Morgan fingerprint density at radius 1 is 1.26 bits per heavy atom. The Hall–Kier alpha value is -2.47. The molecule has 1 amide bonds. The van der Waals surface area contributed by atoms with E-state index in [1.54, 1.807) is 24.3 Å². The predicted octanol–water partition coefficient (Wildman–Crippen LogP) is 4.24. The number of halogens is 1. The molecular formula is C21H26FN3O2. The largest absolute Gasteiger partial charge is 0.381 e. The molecule has 6 heteroatoms. The van der Waals surface area contributed by atoms with Gasteiger partial charge in [0.05, 0.1) is 11.3 Å². The minimum Gasteiger partial charge on any atom is -0.381 e. The van der Waals surface area contributed by atoms with Gasteiger partial charge in [-0.2, -0.15) is 0 Å². The monoisotopic (exact) mass is 371 g/mol. The van der Waals surface area contributed by atoms with Crippen molar-refractivity contribution in [2.75, 3.05) is 25.1 Å². The Balaban J connectivity index is 1.71. The number of aromatic nitrogens is 1. The SMILES string of the molecule is CC(C)c1nc(Nc2cccc(F)c2)ccc1C(=O)NCC1CCOCC1. The van der Waals surface area contributed by atoms with Crippen LogP contribution >= 0.6 is 0 Å². The molecule has 1 saturated heterocycles. The zero-order valence-electron chi connectivity index (χ0n) is 15.8. The first-order valence-electron chi connectivity index (χ1n) is 9.42. The van der Waals surface area contributed by atoms with E-state index in [-0.39, 0.29) is 17.6 Å². The lowest BCUT2D eigenvalue weighted by Gasteiger charge is -2.22. The molecule has 0 unspecified atom stereocenters. The molecule has 2 N–H and O–H groups in total. The predicted molar refractivity (Wildman–Crippen MR) is 104 cm³/mol. The highest BCUT2D eigenvalue weighted by atomic mass is 19.1. The number of carbonyl (C=O) groups excluding carboxylic acids is 1. The number of carbonyl (C=O) groups is 1. The first kappa shape index (κ1) is 19.3. The highest BCUT2D eigenvalue weighted by Crippen LogP contribution is 2.23. The molecule has 0 atom stereocenters. The number of hydrogen-bond donors (Lipinski definition) is 2. The topological polar surface area (TPSA) is 63.2 Å². The molecule has 144 valence electrons. The van der Waals surface area contributed by atoms with E-state index < -0.39 is 0 Å². The number of amides is 1. The van der Waals surface area contributed by atoms with Gasteiger partial charge in [-0.3, -0.25) is 4.79 Å². The summed E-state index contributed by atoms with van der Waals surface area (Å²) in [6.07, 6.45) is 1.96. The number of nitrogens with one attached hydrogen (secondary N) is 2. The van der Waals surface area contributed by atoms with Crippen molar-refractivity contribution in [2.45, 2.75) is 32.6 Å². The normalized spacial score (nSPS) is 15.0. The summed E-state index contributed by atoms with van der Waals surface area (Å²) in [6, 6.07) is 9.74. The van der Waals surface area contributed by atoms with Crippen LogP contribution in [-0.4, -0.2) is 30.6 Å². The van der Waals surface area contributed by atoms with Crippen molar-refractivity contribution in [1.82, 2.24) is 10.3 Å². The maximum atomic E-state index is 13.4. The molecule has 1 aromatic heterocycles. The molecule has 3 rings (SSSR count). The quantitative estimate of drug-likeness (QED) is 0.797. The van der Waals surface area contributed by atoms with Crippen LogP contribution in [0.25, 0.3) is 0 Å². The molecule has 2 aromatic rings. The van der Waals surface area contributed by atoms with E-state index in [0.717, 1.165) is 31.7 Å². The molecule has 5 nitrogen and oxygen atoms in total. The van der Waals surface area contributed by atoms with Crippen LogP contribution in [0.15, 0.2) is 36.4 Å². The summed E-state index contributed by atoms with van der Waals surface area (Å²) in [5.41, 5.74) is 1.93. The van der Waals surface area contributed by atoms with Crippen molar-refractivity contribution in [3.05, 3.63) is 53.5 Å². The molecule has 0 aliphatic carbocycles. The number of nitrogens with zero attached hydrogens (tertiary/aromatic N) is 1. The molecule has 1 aromatic carbocycles. The van der Waals surface area contributed by atoms with E-state index >= 15 is 0 Å². The van der Waals surface area contributed by atoms with Gasteiger partial charge in [0.2, 0.25) is 0 Å². The van der Waals surface area contributed by atoms with E-state index in [4.69, 9.17) is 4.74 Å². The fourth-order valence-electron chi connectivity index (χ4n) is 3.17. The third-order valence-corrected chi connectivity index (χ3v) is 4.71. The second-order valence-corrected chi connectivity index (χ2v) is 7.19. The molecule has 0 radical (unpaired) electrons. The summed E-state index contributed by atoms with van der Waals surface area (Å²) in [6.45, 7) is 6.19. The molecule has 2 heterocycles. The smallest absolute Gasteiger partial charge is 0.253 e. The van der Waals surface area contributed by atoms with Crippen LogP contribution in [0.3, 0.4) is 0 Å². The van der Waals surface area contributed by atoms with Crippen LogP contribution in [-0.2, 0) is 4.74 Å². The molecule has 1 aliphatic heterocycles. The number of ether oxygens (including phenoxy) is 1. The van der Waals surface area contributed by atoms with E-state index in [2.05, 4.69) is 15.6 Å². The van der Waals surface area contributed by atoms with Gasteiger partial charge in [-0.25, -0.2) is 9.37 Å². The van der Waals surface area contributed by atoms with E-state index in [1.165, 1.54) is 12.1 Å². The van der Waals surface area contributed by atoms with E-state index in [0.29, 0.717) is 29.5 Å². The standard InChI is InChI=1S/C21H26FN3O2/c1-14(2)20-18(21(26)23-13-15-8-10-27-11-9-15)6-7-19(25-20)24-17-5-3-4-16(22)12-17/h3-7,12,14-15H,8-11,13H2,1-2H3,(H,23,26)(H,24,25). The minimum atomic E-state index is -0.312. The van der Waals surface area contributed by atoms with Crippen molar-refractivity contribution in [1.29, 1.82) is 0 Å². The van der Waals surface area contributed by atoms with Crippen LogP contribution in [0.5, 0.6) is 0 Å². The summed E-state index contributed by atoms with van der Waals surface area (Å²) in [7, 11) is 0. The fourth-order valence-corrected chi connectivity index (χ4v) is 3.17. The average Bonchev–Trinajstić information content (AvgIpc) is 2.67. The van der Waals surface area contributed by atoms with E-state index in [1.807, 2.05) is 13.8 Å². The third kappa shape index (κ3) is 5.26. The van der Waals surface area contributed by atoms with Gasteiger partial charge < -0.3 is 15.4 Å². The van der Waals surface area contributed by atoms with Gasteiger partial charge >= 0.3 is 0 Å². The molecular weight excluding hydrogens is 345 g/mol. The van der Waals surface area contributed by atoms with Gasteiger partial charge in [-0.05, 0) is 55.0 Å². The molecule has 1 fully saturated rings. The Kier molecular flexibility index (Phi) is 6.40. The van der Waals surface area contributed by atoms with Gasteiger partial charge in [0.1, 0.15) is 11.6 Å². The van der Waals surface area contributed by atoms with Crippen molar-refractivity contribution in [3.63, 3.8) is 0 Å². The van der Waals surface area contributed by atoms with Gasteiger partial charge in [-0.15, -0.1) is 0 Å². The number of anilines is 2. The number of hydrogen-bond acceptors (Lipinski definition) is 4. The Morgan fingerprint density at radius 3 is 2.74 bits per heavy atom. The molecule has 1 aliphatic rings. The highest BCUT2D eigenvalue weighted by Gasteiger charge is 2.19. The molecule has 0 bridgehead atoms. The lowest BCUT2D eigenvalue weighted by Crippen LogP contribution is -2.33. The zero-order valence-corrected chi connectivity index (χ0v) is 15.8. The average molecular weight is 371 g/mol. The van der Waals surface area contributed by atoms with Crippen LogP contribution in [0.2, 0.25) is 0 Å². The second kappa shape index (κ2) is 8.95. The Labute approximate surface area is 159 Å². The van der Waals surface area contributed by atoms with Crippen LogP contribution < -0.4 is 10.6 Å². The van der Waals surface area contributed by atoms with Crippen molar-refractivity contribution in [3.8, 4) is 0 Å². The number of rotatable bonds is 6. The van der Waals surface area contributed by atoms with Gasteiger partial charge in [0.15, 0.2) is 0 Å². The fraction of sp³-hybridized carbons (Fsp3) is 0.429. The first-order valence-corrected chi connectivity index (χ1v) is 9.42. The van der Waals surface area contributed by atoms with Gasteiger partial charge in [-0.1, -0.05) is 19.9 Å². The summed E-state index contributed by atoms with van der Waals surface area (Å²) in [5, 5.41) is 6.13. The number of benzene rings is 1. The molecule has 0 saturated carbocycles. The van der Waals surface area contributed by atoms with E-state index in [9.17, 15) is 9.18 Å². The minimum absolute atomic E-state index is 0.0862. The maximum Gasteiger partial charge on any atom is 0.253 e. The Morgan fingerprint density at radius 2 is 2.04 bits per heavy atom. The first-order chi connectivity index (χ1) is 13.0. The maximum absolute atomic E-state index is 13.4. The second-order valence-electron chi connectivity index (χ2n) is 7.19. The Bertz CT molecular complexity index is 789. The molecule has 27 heavy (non-hydrogen) atoms. The third-order valence-electron chi connectivity index (χ3n) is 4.71. The van der Waals surface area contributed by atoms with Crippen molar-refractivity contribution < 1.29 is 13.9 Å². The number of pyridine rings is 1. The van der Waals surface area contributed by atoms with Crippen LogP contribution in [0.1, 0.15) is 48.7 Å². The van der Waals surface area contributed by atoms with Crippen molar-refractivity contribution in [2.24, 2.45) is 5.92 Å². The van der Waals surface area contributed by atoms with Gasteiger partial charge in [0.25, 0.3) is 5.91 Å².